The van der Waals surface area contributed by atoms with Crippen molar-refractivity contribution in [1.29, 1.82) is 0 Å². The van der Waals surface area contributed by atoms with Crippen LogP contribution in [0.15, 0.2) is 71.6 Å². The summed E-state index contributed by atoms with van der Waals surface area (Å²) in [5, 5.41) is 2.76. The lowest BCUT2D eigenvalue weighted by Gasteiger charge is -2.15. The Morgan fingerprint density at radius 3 is 2.58 bits per heavy atom. The number of sulfonamides is 1. The molecule has 3 aromatic rings. The summed E-state index contributed by atoms with van der Waals surface area (Å²) in [6, 6.07) is 19.0. The van der Waals surface area contributed by atoms with Gasteiger partial charge in [0.05, 0.1) is 17.7 Å². The van der Waals surface area contributed by atoms with Gasteiger partial charge in [-0.2, -0.15) is 0 Å². The molecule has 0 fully saturated rings. The van der Waals surface area contributed by atoms with E-state index in [0.717, 1.165) is 5.56 Å². The zero-order valence-electron chi connectivity index (χ0n) is 17.1. The third-order valence-electron chi connectivity index (χ3n) is 5.04. The minimum atomic E-state index is -3.91. The molecule has 0 spiro atoms. The number of benzene rings is 3. The van der Waals surface area contributed by atoms with E-state index in [0.29, 0.717) is 34.9 Å². The van der Waals surface area contributed by atoms with Gasteiger partial charge in [-0.15, -0.1) is 0 Å². The first kappa shape index (κ1) is 20.7. The molecule has 0 radical (unpaired) electrons. The number of hydrogen-bond acceptors (Lipinski definition) is 5. The first-order chi connectivity index (χ1) is 14.9. The fraction of sp³-hybridized carbons (Fsp3) is 0.174. The molecule has 31 heavy (non-hydrogen) atoms. The molecule has 4 rings (SSSR count). The topological polar surface area (TPSA) is 93.7 Å². The van der Waals surface area contributed by atoms with Crippen LogP contribution in [0.3, 0.4) is 0 Å². The van der Waals surface area contributed by atoms with Crippen LogP contribution in [-0.2, 0) is 21.2 Å². The van der Waals surface area contributed by atoms with Crippen molar-refractivity contribution in [2.45, 2.75) is 24.3 Å². The van der Waals surface area contributed by atoms with Gasteiger partial charge >= 0.3 is 0 Å². The summed E-state index contributed by atoms with van der Waals surface area (Å²) in [5.41, 5.74) is 2.22. The van der Waals surface area contributed by atoms with Gasteiger partial charge in [-0.25, -0.2) is 8.42 Å². The number of carbonyl (C=O) groups excluding carboxylic acids is 1. The van der Waals surface area contributed by atoms with E-state index in [-0.39, 0.29) is 10.8 Å². The SMILES string of the molecule is COc1ccccc1NS(=O)(=O)c1cc(NC(=O)[C@@H]2Cc3ccccc3O2)ccc1C. The van der Waals surface area contributed by atoms with E-state index in [1.54, 1.807) is 43.3 Å². The first-order valence-electron chi connectivity index (χ1n) is 9.69. The highest BCUT2D eigenvalue weighted by atomic mass is 32.2. The Morgan fingerprint density at radius 1 is 1.06 bits per heavy atom. The van der Waals surface area contributed by atoms with Gasteiger partial charge < -0.3 is 14.8 Å². The quantitative estimate of drug-likeness (QED) is 0.611. The number of fused-ring (bicyclic) bond motifs is 1. The Bertz CT molecular complexity index is 1220. The molecule has 7 nitrogen and oxygen atoms in total. The number of methoxy groups -OCH3 is 1. The number of para-hydroxylation sites is 3. The zero-order chi connectivity index (χ0) is 22.0. The van der Waals surface area contributed by atoms with Crippen LogP contribution < -0.4 is 19.5 Å². The van der Waals surface area contributed by atoms with Crippen LogP contribution in [0.1, 0.15) is 11.1 Å². The monoisotopic (exact) mass is 438 g/mol. The van der Waals surface area contributed by atoms with Crippen LogP contribution in [0.2, 0.25) is 0 Å². The number of carbonyl (C=O) groups is 1. The summed E-state index contributed by atoms with van der Waals surface area (Å²) in [5.74, 6) is 0.767. The molecule has 1 atom stereocenters. The Labute approximate surface area is 181 Å². The van der Waals surface area contributed by atoms with Crippen LogP contribution in [-0.4, -0.2) is 27.5 Å². The van der Waals surface area contributed by atoms with E-state index in [1.165, 1.54) is 13.2 Å². The average Bonchev–Trinajstić information content (AvgIpc) is 3.19. The summed E-state index contributed by atoms with van der Waals surface area (Å²) in [6.45, 7) is 1.69. The lowest BCUT2D eigenvalue weighted by atomic mass is 10.1. The Kier molecular flexibility index (Phi) is 5.56. The normalized spacial score (nSPS) is 15.0. The number of ether oxygens (including phenoxy) is 2. The van der Waals surface area contributed by atoms with Crippen molar-refractivity contribution in [3.8, 4) is 11.5 Å². The largest absolute Gasteiger partial charge is 0.495 e. The molecule has 1 amide bonds. The lowest BCUT2D eigenvalue weighted by Crippen LogP contribution is -2.31. The van der Waals surface area contributed by atoms with Crippen molar-refractivity contribution in [2.24, 2.45) is 0 Å². The number of anilines is 2. The standard InChI is InChI=1S/C23H22N2O5S/c1-15-11-12-17(24-23(26)21-13-16-7-3-5-9-19(16)30-21)14-22(15)31(27,28)25-18-8-4-6-10-20(18)29-2/h3-12,14,21,25H,13H2,1-2H3,(H,24,26)/t21-/m0/s1. The van der Waals surface area contributed by atoms with E-state index in [9.17, 15) is 13.2 Å². The van der Waals surface area contributed by atoms with Crippen molar-refractivity contribution in [3.63, 3.8) is 0 Å². The molecule has 1 aliphatic rings. The van der Waals surface area contributed by atoms with Crippen LogP contribution >= 0.6 is 0 Å². The predicted molar refractivity (Wildman–Crippen MR) is 118 cm³/mol. The van der Waals surface area contributed by atoms with E-state index >= 15 is 0 Å². The Balaban J connectivity index is 1.54. The van der Waals surface area contributed by atoms with Gasteiger partial charge in [-0.3, -0.25) is 9.52 Å². The molecule has 1 aliphatic heterocycles. The van der Waals surface area contributed by atoms with Gasteiger partial charge in [0, 0.05) is 12.1 Å². The molecule has 0 saturated carbocycles. The smallest absolute Gasteiger partial charge is 0.265 e. The minimum Gasteiger partial charge on any atom is -0.495 e. The van der Waals surface area contributed by atoms with Gasteiger partial charge in [0.25, 0.3) is 15.9 Å². The van der Waals surface area contributed by atoms with Gasteiger partial charge in [0.1, 0.15) is 11.5 Å². The van der Waals surface area contributed by atoms with Crippen molar-refractivity contribution in [2.75, 3.05) is 17.1 Å². The maximum atomic E-state index is 13.0. The highest BCUT2D eigenvalue weighted by molar-refractivity contribution is 7.92. The molecule has 0 bridgehead atoms. The molecule has 0 aromatic heterocycles. The second-order valence-electron chi connectivity index (χ2n) is 7.19. The second kappa shape index (κ2) is 8.31. The number of nitrogens with one attached hydrogen (secondary N) is 2. The number of rotatable bonds is 6. The molecule has 0 unspecified atom stereocenters. The third-order valence-corrected chi connectivity index (χ3v) is 6.54. The number of amides is 1. The second-order valence-corrected chi connectivity index (χ2v) is 8.84. The number of aryl methyl sites for hydroxylation is 1. The van der Waals surface area contributed by atoms with Gasteiger partial charge in [0.2, 0.25) is 0 Å². The summed E-state index contributed by atoms with van der Waals surface area (Å²) in [7, 11) is -2.44. The highest BCUT2D eigenvalue weighted by Gasteiger charge is 2.29. The van der Waals surface area contributed by atoms with Gasteiger partial charge in [-0.05, 0) is 48.4 Å². The van der Waals surface area contributed by atoms with Crippen LogP contribution in [0, 0.1) is 6.92 Å². The van der Waals surface area contributed by atoms with Crippen LogP contribution in [0.4, 0.5) is 11.4 Å². The molecular weight excluding hydrogens is 416 g/mol. The summed E-state index contributed by atoms with van der Waals surface area (Å²) >= 11 is 0. The highest BCUT2D eigenvalue weighted by Crippen LogP contribution is 2.30. The van der Waals surface area contributed by atoms with E-state index in [4.69, 9.17) is 9.47 Å². The molecule has 0 aliphatic carbocycles. The van der Waals surface area contributed by atoms with Gasteiger partial charge in [0.15, 0.2) is 6.10 Å². The molecular formula is C23H22N2O5S. The molecule has 3 aromatic carbocycles. The van der Waals surface area contributed by atoms with Crippen molar-refractivity contribution in [3.05, 3.63) is 77.9 Å². The van der Waals surface area contributed by atoms with E-state index in [1.807, 2.05) is 24.3 Å². The lowest BCUT2D eigenvalue weighted by molar-refractivity contribution is -0.122. The molecule has 8 heteroatoms. The molecule has 160 valence electrons. The molecule has 0 saturated heterocycles. The van der Waals surface area contributed by atoms with Crippen LogP contribution in [0.25, 0.3) is 0 Å². The average molecular weight is 439 g/mol. The first-order valence-corrected chi connectivity index (χ1v) is 11.2. The van der Waals surface area contributed by atoms with E-state index in [2.05, 4.69) is 10.0 Å². The van der Waals surface area contributed by atoms with Crippen LogP contribution in [0.5, 0.6) is 11.5 Å². The predicted octanol–water partition coefficient (Wildman–Crippen LogP) is 3.75. The van der Waals surface area contributed by atoms with Gasteiger partial charge in [-0.1, -0.05) is 36.4 Å². The number of hydrogen-bond donors (Lipinski definition) is 2. The zero-order valence-corrected chi connectivity index (χ0v) is 17.9. The van der Waals surface area contributed by atoms with Crippen molar-refractivity contribution >= 4 is 27.3 Å². The fourth-order valence-electron chi connectivity index (χ4n) is 3.45. The Morgan fingerprint density at radius 2 is 1.81 bits per heavy atom. The maximum Gasteiger partial charge on any atom is 0.265 e. The van der Waals surface area contributed by atoms with E-state index < -0.39 is 16.1 Å². The third kappa shape index (κ3) is 4.34. The minimum absolute atomic E-state index is 0.0619. The summed E-state index contributed by atoms with van der Waals surface area (Å²) in [4.78, 5) is 12.7. The summed E-state index contributed by atoms with van der Waals surface area (Å²) < 4.78 is 39.5. The Hall–Kier alpha value is -3.52. The molecule has 2 N–H and O–H groups in total. The summed E-state index contributed by atoms with van der Waals surface area (Å²) in [6.07, 6.45) is -0.195. The molecule has 1 heterocycles. The fourth-order valence-corrected chi connectivity index (χ4v) is 4.79. The van der Waals surface area contributed by atoms with Crippen molar-refractivity contribution < 1.29 is 22.7 Å². The maximum absolute atomic E-state index is 13.0. The van der Waals surface area contributed by atoms with Crippen molar-refractivity contribution in [1.82, 2.24) is 0 Å².